The van der Waals surface area contributed by atoms with Crippen molar-refractivity contribution < 1.29 is 54.4 Å². The highest BCUT2D eigenvalue weighted by Crippen LogP contribution is 2.40. The molecule has 11 nitrogen and oxygen atoms in total. The molecule has 0 bridgehead atoms. The predicted octanol–water partition coefficient (Wildman–Crippen LogP) is -0.839. The van der Waals surface area contributed by atoms with Gasteiger partial charge < -0.3 is 49.6 Å². The maximum Gasteiger partial charge on any atom is 0.187 e. The highest BCUT2D eigenvalue weighted by molar-refractivity contribution is 5.92. The first-order valence-electron chi connectivity index (χ1n) is 12.3. The second kappa shape index (κ2) is 11.6. The van der Waals surface area contributed by atoms with Gasteiger partial charge in [0.15, 0.2) is 18.4 Å². The summed E-state index contributed by atoms with van der Waals surface area (Å²) >= 11 is 0. The number of aliphatic hydroxyl groups is 6. The molecule has 206 valence electrons. The van der Waals surface area contributed by atoms with E-state index in [2.05, 4.69) is 0 Å². The van der Waals surface area contributed by atoms with Crippen molar-refractivity contribution in [2.75, 3.05) is 6.61 Å². The quantitative estimate of drug-likeness (QED) is 0.233. The number of rotatable bonds is 7. The van der Waals surface area contributed by atoms with Gasteiger partial charge in [-0.25, -0.2) is 0 Å². The Morgan fingerprint density at radius 1 is 1.06 bits per heavy atom. The van der Waals surface area contributed by atoms with Gasteiger partial charge >= 0.3 is 0 Å². The van der Waals surface area contributed by atoms with Crippen LogP contribution in [0.5, 0.6) is 0 Å². The zero-order chi connectivity index (χ0) is 26.9. The second-order valence-electron chi connectivity index (χ2n) is 10.7. The van der Waals surface area contributed by atoms with Crippen LogP contribution < -0.4 is 0 Å². The lowest BCUT2D eigenvalue weighted by molar-refractivity contribution is -0.367. The van der Waals surface area contributed by atoms with Crippen molar-refractivity contribution >= 4 is 5.78 Å². The lowest BCUT2D eigenvalue weighted by atomic mass is 9.68. The lowest BCUT2D eigenvalue weighted by Gasteiger charge is -2.46. The van der Waals surface area contributed by atoms with Gasteiger partial charge in [0.05, 0.1) is 18.8 Å². The summed E-state index contributed by atoms with van der Waals surface area (Å²) in [6.07, 6.45) is -8.55. The summed E-state index contributed by atoms with van der Waals surface area (Å²) in [6, 6.07) is 0. The molecular formula is C25H40O11. The van der Waals surface area contributed by atoms with Gasteiger partial charge in [-0.05, 0) is 32.3 Å². The van der Waals surface area contributed by atoms with Crippen LogP contribution in [0.1, 0.15) is 41.0 Å². The Morgan fingerprint density at radius 2 is 1.72 bits per heavy atom. The average molecular weight is 517 g/mol. The highest BCUT2D eigenvalue weighted by atomic mass is 16.8. The van der Waals surface area contributed by atoms with Crippen LogP contribution in [0.2, 0.25) is 0 Å². The minimum Gasteiger partial charge on any atom is -0.394 e. The van der Waals surface area contributed by atoms with Crippen molar-refractivity contribution in [3.63, 3.8) is 0 Å². The Labute approximate surface area is 210 Å². The van der Waals surface area contributed by atoms with Gasteiger partial charge in [-0.1, -0.05) is 31.6 Å². The summed E-state index contributed by atoms with van der Waals surface area (Å²) in [4.78, 5) is 12.0. The van der Waals surface area contributed by atoms with Crippen molar-refractivity contribution in [2.24, 2.45) is 11.3 Å². The van der Waals surface area contributed by atoms with Gasteiger partial charge in [-0.15, -0.1) is 0 Å². The minimum absolute atomic E-state index is 0.00152. The van der Waals surface area contributed by atoms with E-state index in [0.717, 1.165) is 5.57 Å². The van der Waals surface area contributed by atoms with Crippen LogP contribution in [0, 0.1) is 11.3 Å². The number of ether oxygens (including phenoxy) is 4. The molecule has 0 spiro atoms. The number of ketones is 1. The van der Waals surface area contributed by atoms with Gasteiger partial charge in [0.25, 0.3) is 0 Å². The SMILES string of the molecule is CC1=CC(=O)CC(C)(C)[C@H]1/C=C/[C@H](C)O[C@@H]1O[C@H](CO)[C@@H](O)[C@H](O)[C@H]1O[C@@H]1O[C@@H](C)[C@H](O)[C@@H](O)[C@@H]1O. The van der Waals surface area contributed by atoms with Crippen molar-refractivity contribution in [1.82, 2.24) is 0 Å². The molecule has 0 radical (unpaired) electrons. The van der Waals surface area contributed by atoms with E-state index in [1.165, 1.54) is 6.92 Å². The standard InChI is InChI=1S/C25H40O11/c1-11-8-14(27)9-25(4,5)15(11)7-6-12(2)33-24-22(20(31)18(29)16(10-26)35-24)36-23-21(32)19(30)17(28)13(3)34-23/h6-8,12-13,15-24,26,28-32H,9-10H2,1-5H3/b7-6+/t12-,13-,15-,16+,17-,18+,19+,20-,21-,22+,23-,24+/m0/s1. The minimum atomic E-state index is -1.64. The first kappa shape index (κ1) is 29.3. The number of carbonyl (C=O) groups is 1. The summed E-state index contributed by atoms with van der Waals surface area (Å²) < 4.78 is 22.8. The molecule has 3 aliphatic rings. The molecule has 0 unspecified atom stereocenters. The van der Waals surface area contributed by atoms with Gasteiger partial charge in [0.1, 0.15) is 42.7 Å². The molecule has 3 rings (SSSR count). The molecule has 11 heteroatoms. The largest absolute Gasteiger partial charge is 0.394 e. The number of allylic oxidation sites excluding steroid dienone is 3. The Hall–Kier alpha value is -1.25. The molecule has 0 amide bonds. The summed E-state index contributed by atoms with van der Waals surface area (Å²) in [6.45, 7) is 8.56. The summed E-state index contributed by atoms with van der Waals surface area (Å²) in [7, 11) is 0. The Balaban J connectivity index is 1.76. The monoisotopic (exact) mass is 516 g/mol. The molecule has 0 aromatic heterocycles. The van der Waals surface area contributed by atoms with Crippen LogP contribution >= 0.6 is 0 Å². The van der Waals surface area contributed by atoms with Crippen molar-refractivity contribution in [3.8, 4) is 0 Å². The molecule has 0 aromatic rings. The maximum atomic E-state index is 12.0. The van der Waals surface area contributed by atoms with Crippen LogP contribution in [-0.4, -0.2) is 111 Å². The summed E-state index contributed by atoms with van der Waals surface area (Å²) in [5, 5.41) is 61.0. The van der Waals surface area contributed by atoms with E-state index >= 15 is 0 Å². The Bertz CT molecular complexity index is 827. The molecule has 36 heavy (non-hydrogen) atoms. The number of hydrogen-bond donors (Lipinski definition) is 6. The Kier molecular flexibility index (Phi) is 9.48. The zero-order valence-electron chi connectivity index (χ0n) is 21.3. The molecule has 1 aliphatic carbocycles. The van der Waals surface area contributed by atoms with Crippen LogP contribution in [0.25, 0.3) is 0 Å². The number of carbonyl (C=O) groups excluding carboxylic acids is 1. The summed E-state index contributed by atoms with van der Waals surface area (Å²) in [5.41, 5.74) is 0.657. The third kappa shape index (κ3) is 6.24. The zero-order valence-corrected chi connectivity index (χ0v) is 21.3. The molecule has 6 N–H and O–H groups in total. The van der Waals surface area contributed by atoms with Crippen LogP contribution in [0.4, 0.5) is 0 Å². The van der Waals surface area contributed by atoms with Crippen LogP contribution in [-0.2, 0) is 23.7 Å². The molecular weight excluding hydrogens is 476 g/mol. The first-order valence-corrected chi connectivity index (χ1v) is 12.3. The van der Waals surface area contributed by atoms with E-state index in [0.29, 0.717) is 6.42 Å². The van der Waals surface area contributed by atoms with E-state index < -0.39 is 74.1 Å². The molecule has 2 aliphatic heterocycles. The molecule has 0 aromatic carbocycles. The molecule has 2 saturated heterocycles. The Morgan fingerprint density at radius 3 is 2.33 bits per heavy atom. The third-order valence-electron chi connectivity index (χ3n) is 7.20. The van der Waals surface area contributed by atoms with E-state index in [1.807, 2.05) is 26.8 Å². The highest BCUT2D eigenvalue weighted by Gasteiger charge is 2.50. The third-order valence-corrected chi connectivity index (χ3v) is 7.20. The van der Waals surface area contributed by atoms with E-state index in [9.17, 15) is 35.4 Å². The van der Waals surface area contributed by atoms with Gasteiger partial charge in [-0.3, -0.25) is 4.79 Å². The second-order valence-corrected chi connectivity index (χ2v) is 10.7. The van der Waals surface area contributed by atoms with Gasteiger partial charge in [0.2, 0.25) is 0 Å². The van der Waals surface area contributed by atoms with Gasteiger partial charge in [0, 0.05) is 12.3 Å². The van der Waals surface area contributed by atoms with E-state index in [-0.39, 0.29) is 17.1 Å². The molecule has 2 fully saturated rings. The van der Waals surface area contributed by atoms with E-state index in [4.69, 9.17) is 18.9 Å². The van der Waals surface area contributed by atoms with Crippen molar-refractivity contribution in [3.05, 3.63) is 23.8 Å². The fraction of sp³-hybridized carbons (Fsp3) is 0.800. The number of aliphatic hydroxyl groups excluding tert-OH is 6. The lowest BCUT2D eigenvalue weighted by Crippen LogP contribution is -2.64. The predicted molar refractivity (Wildman–Crippen MR) is 125 cm³/mol. The molecule has 12 atom stereocenters. The maximum absolute atomic E-state index is 12.0. The molecule has 0 saturated carbocycles. The average Bonchev–Trinajstić information content (AvgIpc) is 2.79. The smallest absolute Gasteiger partial charge is 0.187 e. The van der Waals surface area contributed by atoms with Gasteiger partial charge in [-0.2, -0.15) is 0 Å². The summed E-state index contributed by atoms with van der Waals surface area (Å²) in [5.74, 6) is 0.0853. The fourth-order valence-electron chi connectivity index (χ4n) is 5.10. The normalized spacial score (nSPS) is 44.5. The van der Waals surface area contributed by atoms with Crippen LogP contribution in [0.15, 0.2) is 23.8 Å². The van der Waals surface area contributed by atoms with E-state index in [1.54, 1.807) is 19.1 Å². The fourth-order valence-corrected chi connectivity index (χ4v) is 5.10. The topological polar surface area (TPSA) is 175 Å². The first-order chi connectivity index (χ1) is 16.8. The number of hydrogen-bond acceptors (Lipinski definition) is 11. The van der Waals surface area contributed by atoms with Crippen LogP contribution in [0.3, 0.4) is 0 Å². The van der Waals surface area contributed by atoms with Crippen molar-refractivity contribution in [2.45, 2.75) is 109 Å². The molecule has 2 heterocycles. The van der Waals surface area contributed by atoms with Crippen molar-refractivity contribution in [1.29, 1.82) is 0 Å².